The summed E-state index contributed by atoms with van der Waals surface area (Å²) in [6.45, 7) is 10.8. The molecule has 1 saturated heterocycles. The zero-order valence-electron chi connectivity index (χ0n) is 21.9. The van der Waals surface area contributed by atoms with Crippen molar-refractivity contribution in [1.29, 1.82) is 0 Å². The lowest BCUT2D eigenvalue weighted by Crippen LogP contribution is -2.70. The number of hydrogen-bond acceptors (Lipinski definition) is 7. The highest BCUT2D eigenvalue weighted by Crippen LogP contribution is 2.81. The minimum Gasteiger partial charge on any atom is -0.458 e. The van der Waals surface area contributed by atoms with Crippen molar-refractivity contribution in [2.45, 2.75) is 116 Å². The van der Waals surface area contributed by atoms with Crippen LogP contribution in [0.25, 0.3) is 0 Å². The van der Waals surface area contributed by atoms with E-state index in [9.17, 15) is 19.5 Å². The normalized spacial score (nSPS) is 50.2. The highest BCUT2D eigenvalue weighted by Gasteiger charge is 2.91. The topological polar surface area (TPSA) is 102 Å². The van der Waals surface area contributed by atoms with Gasteiger partial charge >= 0.3 is 11.9 Å². The molecule has 4 saturated carbocycles. The van der Waals surface area contributed by atoms with E-state index in [0.717, 1.165) is 32.1 Å². The number of rotatable bonds is 4. The van der Waals surface area contributed by atoms with Gasteiger partial charge in [-0.05, 0) is 77.0 Å². The van der Waals surface area contributed by atoms with E-state index in [1.807, 2.05) is 6.92 Å². The Hall–Kier alpha value is -1.73. The Morgan fingerprint density at radius 1 is 1.00 bits per heavy atom. The summed E-state index contributed by atoms with van der Waals surface area (Å²) >= 11 is 0. The number of ether oxygens (including phenoxy) is 3. The summed E-state index contributed by atoms with van der Waals surface area (Å²) in [5.41, 5.74) is -1.64. The Morgan fingerprint density at radius 3 is 2.34 bits per heavy atom. The first-order chi connectivity index (χ1) is 16.4. The van der Waals surface area contributed by atoms with Crippen molar-refractivity contribution in [2.24, 2.45) is 28.6 Å². The van der Waals surface area contributed by atoms with Crippen molar-refractivity contribution in [3.05, 3.63) is 11.6 Å². The molecule has 0 aromatic carbocycles. The van der Waals surface area contributed by atoms with Gasteiger partial charge in [0.25, 0.3) is 0 Å². The fourth-order valence-electron chi connectivity index (χ4n) is 9.25. The van der Waals surface area contributed by atoms with Crippen LogP contribution in [0.4, 0.5) is 0 Å². The minimum atomic E-state index is -0.785. The molecule has 1 N–H and O–H groups in total. The van der Waals surface area contributed by atoms with E-state index in [0.29, 0.717) is 18.4 Å². The molecule has 7 nitrogen and oxygen atoms in total. The van der Waals surface area contributed by atoms with Gasteiger partial charge in [-0.15, -0.1) is 0 Å². The number of aliphatic hydroxyl groups is 1. The number of esters is 2. The molecule has 0 aromatic rings. The van der Waals surface area contributed by atoms with E-state index >= 15 is 0 Å². The maximum absolute atomic E-state index is 13.2. The summed E-state index contributed by atoms with van der Waals surface area (Å²) in [5, 5.41) is 10.5. The van der Waals surface area contributed by atoms with E-state index in [1.165, 1.54) is 6.92 Å². The average Bonchev–Trinajstić information content (AvgIpc) is 3.34. The molecule has 10 atom stereocenters. The van der Waals surface area contributed by atoms with E-state index in [4.69, 9.17) is 14.2 Å². The van der Waals surface area contributed by atoms with Crippen LogP contribution in [0, 0.1) is 28.6 Å². The second-order valence-corrected chi connectivity index (χ2v) is 12.3. The second-order valence-electron chi connectivity index (χ2n) is 12.3. The van der Waals surface area contributed by atoms with Gasteiger partial charge in [-0.1, -0.05) is 19.9 Å². The lowest BCUT2D eigenvalue weighted by molar-refractivity contribution is -0.223. The van der Waals surface area contributed by atoms with E-state index in [-0.39, 0.29) is 35.1 Å². The molecule has 2 spiro atoms. The molecule has 4 aliphatic carbocycles. The predicted octanol–water partition coefficient (Wildman–Crippen LogP) is 3.90. The summed E-state index contributed by atoms with van der Waals surface area (Å²) in [4.78, 5) is 38.6. The first-order valence-corrected chi connectivity index (χ1v) is 13.3. The monoisotopic (exact) mass is 488 g/mol. The molecule has 7 heteroatoms. The van der Waals surface area contributed by atoms with Crippen molar-refractivity contribution < 1.29 is 33.7 Å². The van der Waals surface area contributed by atoms with Gasteiger partial charge in [0.2, 0.25) is 0 Å². The van der Waals surface area contributed by atoms with Crippen LogP contribution in [0.3, 0.4) is 0 Å². The number of allylic oxidation sites excluding steroid dienone is 1. The standard InChI is InChI=1S/C28H40O7/c1-7-15(2)24(32)34-21-22-25(5)11-9-19(31)14-18(25)8-12-27(22)28(35-27)13-10-20(16(3)29)26(28,6)23(21)33-17(4)30/h7,18-23,31H,8-14H2,1-6H3/b15-7+/t18-,19-,20-,21-,22+,23+,25-,26-,27-,28+/m0/s1. The number of ketones is 1. The molecule has 0 radical (unpaired) electrons. The molecule has 0 unspecified atom stereocenters. The van der Waals surface area contributed by atoms with Crippen LogP contribution in [0.15, 0.2) is 11.6 Å². The summed E-state index contributed by atoms with van der Waals surface area (Å²) < 4.78 is 19.3. The molecule has 194 valence electrons. The Morgan fingerprint density at radius 2 is 1.71 bits per heavy atom. The first kappa shape index (κ1) is 24.9. The van der Waals surface area contributed by atoms with Crippen LogP contribution in [0.1, 0.15) is 86.5 Å². The Labute approximate surface area is 207 Å². The number of Topliss-reactive ketones (excluding diaryl/α,β-unsaturated/α-hetero) is 1. The van der Waals surface area contributed by atoms with Crippen molar-refractivity contribution in [2.75, 3.05) is 0 Å². The van der Waals surface area contributed by atoms with Crippen molar-refractivity contribution in [1.82, 2.24) is 0 Å². The number of aliphatic hydroxyl groups excluding tert-OH is 1. The van der Waals surface area contributed by atoms with E-state index in [1.54, 1.807) is 26.8 Å². The Balaban J connectivity index is 1.69. The largest absolute Gasteiger partial charge is 0.458 e. The first-order valence-electron chi connectivity index (χ1n) is 13.3. The van der Waals surface area contributed by atoms with Gasteiger partial charge in [0.05, 0.1) is 6.10 Å². The predicted molar refractivity (Wildman–Crippen MR) is 127 cm³/mol. The van der Waals surface area contributed by atoms with Gasteiger partial charge in [-0.25, -0.2) is 4.79 Å². The van der Waals surface area contributed by atoms with Gasteiger partial charge in [0.15, 0.2) is 0 Å². The van der Waals surface area contributed by atoms with E-state index < -0.39 is 40.8 Å². The molecular formula is C28H40O7. The van der Waals surface area contributed by atoms with Gasteiger partial charge in [-0.3, -0.25) is 9.59 Å². The molecule has 5 fully saturated rings. The maximum Gasteiger partial charge on any atom is 0.333 e. The summed E-state index contributed by atoms with van der Waals surface area (Å²) in [7, 11) is 0. The van der Waals surface area contributed by atoms with Gasteiger partial charge in [0.1, 0.15) is 29.2 Å². The fraction of sp³-hybridized carbons (Fsp3) is 0.821. The third-order valence-corrected chi connectivity index (χ3v) is 11.0. The zero-order chi connectivity index (χ0) is 25.6. The van der Waals surface area contributed by atoms with Crippen molar-refractivity contribution in [3.8, 4) is 0 Å². The zero-order valence-corrected chi connectivity index (χ0v) is 21.9. The van der Waals surface area contributed by atoms with Crippen molar-refractivity contribution >= 4 is 17.7 Å². The average molecular weight is 489 g/mol. The number of carbonyl (C=O) groups is 3. The number of carbonyl (C=O) groups excluding carboxylic acids is 3. The third kappa shape index (κ3) is 3.06. The molecule has 0 bridgehead atoms. The molecule has 35 heavy (non-hydrogen) atoms. The molecule has 0 aromatic heterocycles. The molecular weight excluding hydrogens is 448 g/mol. The maximum atomic E-state index is 13.2. The lowest BCUT2D eigenvalue weighted by atomic mass is 9.43. The van der Waals surface area contributed by atoms with Crippen LogP contribution < -0.4 is 0 Å². The van der Waals surface area contributed by atoms with Crippen LogP contribution in [0.2, 0.25) is 0 Å². The van der Waals surface area contributed by atoms with Crippen LogP contribution in [0.5, 0.6) is 0 Å². The highest BCUT2D eigenvalue weighted by molar-refractivity contribution is 5.88. The summed E-state index contributed by atoms with van der Waals surface area (Å²) in [6, 6.07) is 0. The van der Waals surface area contributed by atoms with Crippen molar-refractivity contribution in [3.63, 3.8) is 0 Å². The Bertz CT molecular complexity index is 988. The Kier molecular flexibility index (Phi) is 5.62. The smallest absolute Gasteiger partial charge is 0.333 e. The van der Waals surface area contributed by atoms with Gasteiger partial charge in [-0.2, -0.15) is 0 Å². The fourth-order valence-corrected chi connectivity index (χ4v) is 9.25. The molecule has 0 amide bonds. The number of hydrogen-bond donors (Lipinski definition) is 1. The molecule has 1 heterocycles. The number of epoxide rings is 1. The lowest BCUT2D eigenvalue weighted by Gasteiger charge is -2.61. The van der Waals surface area contributed by atoms with Crippen LogP contribution in [-0.4, -0.2) is 52.3 Å². The second kappa shape index (κ2) is 7.88. The quantitative estimate of drug-likeness (QED) is 0.364. The van der Waals surface area contributed by atoms with Crippen LogP contribution >= 0.6 is 0 Å². The highest BCUT2D eigenvalue weighted by atomic mass is 16.7. The summed E-state index contributed by atoms with van der Waals surface area (Å²) in [6.07, 6.45) is 5.22. The van der Waals surface area contributed by atoms with Gasteiger partial charge < -0.3 is 19.3 Å². The van der Waals surface area contributed by atoms with E-state index in [2.05, 4.69) is 6.92 Å². The van der Waals surface area contributed by atoms with Crippen LogP contribution in [-0.2, 0) is 28.6 Å². The molecule has 5 rings (SSSR count). The summed E-state index contributed by atoms with van der Waals surface area (Å²) in [5.74, 6) is -1.08. The third-order valence-electron chi connectivity index (χ3n) is 11.0. The number of fused-ring (bicyclic) bond motifs is 2. The molecule has 1 aliphatic heterocycles. The molecule has 5 aliphatic rings. The minimum absolute atomic E-state index is 0.0565. The van der Waals surface area contributed by atoms with Gasteiger partial charge in [0, 0.05) is 29.7 Å². The SMILES string of the molecule is C/C=C(\C)C(=O)O[C@@H]1[C@@H](OC(C)=O)[C@]2(C)[C@H](C(C)=O)CC[C@@]23O[C@]32CC[C@H]3C[C@@H](O)CC[C@]3(C)[C@@H]12.